The van der Waals surface area contributed by atoms with Gasteiger partial charge in [-0.25, -0.2) is 18.6 Å². The maximum absolute atomic E-state index is 17.4. The lowest BCUT2D eigenvalue weighted by Crippen LogP contribution is -2.63. The number of fused-ring (bicyclic) bond motifs is 6. The summed E-state index contributed by atoms with van der Waals surface area (Å²) < 4.78 is 61.7. The number of rotatable bonds is 8. The summed E-state index contributed by atoms with van der Waals surface area (Å²) in [4.78, 5) is 34.2. The van der Waals surface area contributed by atoms with E-state index in [0.717, 1.165) is 50.6 Å². The third-order valence-electron chi connectivity index (χ3n) is 11.7. The van der Waals surface area contributed by atoms with Crippen molar-refractivity contribution in [2.75, 3.05) is 51.7 Å². The van der Waals surface area contributed by atoms with Gasteiger partial charge in [0.25, 0.3) is 0 Å². The second kappa shape index (κ2) is 12.9. The third-order valence-corrected chi connectivity index (χ3v) is 12.0. The minimum atomic E-state index is -0.930. The fraction of sp³-hybridized carbons (Fsp3) is 0.632. The fourth-order valence-electron chi connectivity index (χ4n) is 9.34. The van der Waals surface area contributed by atoms with Gasteiger partial charge in [-0.15, -0.1) is 0 Å². The number of aromatic nitrogens is 3. The molecule has 5 atom stereocenters. The van der Waals surface area contributed by atoms with E-state index in [0.29, 0.717) is 47.1 Å². The van der Waals surface area contributed by atoms with Gasteiger partial charge in [-0.1, -0.05) is 11.6 Å². The van der Waals surface area contributed by atoms with Crippen LogP contribution in [-0.2, 0) is 9.47 Å². The molecule has 4 saturated heterocycles. The van der Waals surface area contributed by atoms with Crippen LogP contribution in [0.4, 0.5) is 19.4 Å². The Morgan fingerprint density at radius 1 is 1.09 bits per heavy atom. The number of benzene rings is 1. The molecule has 2 aromatic heterocycles. The first-order chi connectivity index (χ1) is 25.4. The zero-order valence-electron chi connectivity index (χ0n) is 30.5. The normalized spacial score (nSPS) is 27.8. The van der Waals surface area contributed by atoms with Crippen molar-refractivity contribution in [3.8, 4) is 28.9 Å². The molecule has 0 radical (unpaired) electrons. The minimum Gasteiger partial charge on any atom is -0.475 e. The molecule has 3 aromatic rings. The Morgan fingerprint density at radius 2 is 1.92 bits per heavy atom. The number of piperazine rings is 1. The van der Waals surface area contributed by atoms with Gasteiger partial charge in [-0.2, -0.15) is 9.97 Å². The van der Waals surface area contributed by atoms with Crippen LogP contribution in [0.1, 0.15) is 77.2 Å². The van der Waals surface area contributed by atoms with Crippen LogP contribution in [0.3, 0.4) is 0 Å². The van der Waals surface area contributed by atoms with E-state index in [1.54, 1.807) is 12.1 Å². The summed E-state index contributed by atoms with van der Waals surface area (Å²) in [5.74, 6) is 0.518. The predicted octanol–water partition coefficient (Wildman–Crippen LogP) is 6.65. The van der Waals surface area contributed by atoms with Crippen LogP contribution < -0.4 is 19.1 Å². The maximum atomic E-state index is 17.4. The van der Waals surface area contributed by atoms with Crippen molar-refractivity contribution in [2.24, 2.45) is 0 Å². The lowest BCUT2D eigenvalue weighted by Gasteiger charge is -2.46. The number of amides is 1. The van der Waals surface area contributed by atoms with E-state index in [9.17, 15) is 9.18 Å². The lowest BCUT2D eigenvalue weighted by molar-refractivity contribution is 0.00537. The molecule has 284 valence electrons. The van der Waals surface area contributed by atoms with Gasteiger partial charge in [0, 0.05) is 37.2 Å². The van der Waals surface area contributed by atoms with Crippen LogP contribution in [0.5, 0.6) is 17.6 Å². The van der Waals surface area contributed by atoms with E-state index in [1.807, 2.05) is 25.7 Å². The Hall–Kier alpha value is -3.75. The standard InChI is InChI=1S/C38H45ClF2N6O6/c1-37(2,3)53-36(48)47-22-8-9-26(47)27-17-50-34-29-32(30(41)31(42-34)24-12-23(52-19-49-4)13-25(39)28(24)20-6-7-20)43-35(44-33(29)46(27)16-22)51-18-38-10-5-11-45(38)15-21(40)14-38/h12-13,20-22,26-27H,5-11,14-19H2,1-4H3/t21-,22+,26-,27-,38+/m1/s1. The molecule has 0 unspecified atom stereocenters. The molecule has 6 aliphatic rings. The number of carbonyl (C=O) groups excluding carboxylic acids is 1. The number of hydrogen-bond donors (Lipinski definition) is 0. The summed E-state index contributed by atoms with van der Waals surface area (Å²) >= 11 is 6.86. The monoisotopic (exact) mass is 754 g/mol. The molecule has 1 saturated carbocycles. The van der Waals surface area contributed by atoms with Gasteiger partial charge in [-0.3, -0.25) is 9.80 Å². The summed E-state index contributed by atoms with van der Waals surface area (Å²) in [7, 11) is 1.52. The van der Waals surface area contributed by atoms with Crippen LogP contribution in [0.25, 0.3) is 22.2 Å². The number of pyridine rings is 1. The fourth-order valence-corrected chi connectivity index (χ4v) is 9.70. The summed E-state index contributed by atoms with van der Waals surface area (Å²) in [5.41, 5.74) is 0.204. The van der Waals surface area contributed by atoms with Crippen LogP contribution >= 0.6 is 11.6 Å². The molecule has 5 aliphatic heterocycles. The first kappa shape index (κ1) is 35.0. The van der Waals surface area contributed by atoms with Crippen LogP contribution in [0.15, 0.2) is 12.1 Å². The van der Waals surface area contributed by atoms with Crippen LogP contribution in [0, 0.1) is 5.82 Å². The molecule has 1 aromatic carbocycles. The molecule has 53 heavy (non-hydrogen) atoms. The average Bonchev–Trinajstić information content (AvgIpc) is 3.72. The van der Waals surface area contributed by atoms with E-state index in [2.05, 4.69) is 9.80 Å². The summed E-state index contributed by atoms with van der Waals surface area (Å²) in [6, 6.07) is 2.73. The molecule has 1 aliphatic carbocycles. The van der Waals surface area contributed by atoms with Crippen LogP contribution in [0.2, 0.25) is 5.02 Å². The maximum Gasteiger partial charge on any atom is 0.410 e. The molecule has 12 nitrogen and oxygen atoms in total. The zero-order chi connectivity index (χ0) is 36.8. The summed E-state index contributed by atoms with van der Waals surface area (Å²) in [6.07, 6.45) is 4.20. The Kier molecular flexibility index (Phi) is 8.54. The number of alkyl halides is 1. The van der Waals surface area contributed by atoms with Gasteiger partial charge in [0.15, 0.2) is 12.6 Å². The first-order valence-electron chi connectivity index (χ1n) is 18.7. The SMILES string of the molecule is COCOc1cc(Cl)c(C2CC2)c(-c2nc3c4c(nc(OC[C@@]56CCCN5C[C@H](F)C6)nc4c2F)N2C[C@@H]4CC[C@H]([C@H]2CO3)N4C(=O)OC(C)(C)C)c1. The first-order valence-corrected chi connectivity index (χ1v) is 19.1. The predicted molar refractivity (Wildman–Crippen MR) is 192 cm³/mol. The molecule has 7 heterocycles. The molecule has 2 bridgehead atoms. The van der Waals surface area contributed by atoms with Crippen molar-refractivity contribution in [3.05, 3.63) is 28.5 Å². The molecule has 1 amide bonds. The highest BCUT2D eigenvalue weighted by molar-refractivity contribution is 6.32. The molecular formula is C38H45ClF2N6O6. The van der Waals surface area contributed by atoms with Gasteiger partial charge in [0.05, 0.1) is 23.7 Å². The van der Waals surface area contributed by atoms with E-state index in [4.69, 9.17) is 50.2 Å². The van der Waals surface area contributed by atoms with Crippen molar-refractivity contribution in [3.63, 3.8) is 0 Å². The van der Waals surface area contributed by atoms with Gasteiger partial charge < -0.3 is 28.6 Å². The van der Waals surface area contributed by atoms with Crippen LogP contribution in [-0.4, -0.2) is 113 Å². The van der Waals surface area contributed by atoms with Crippen molar-refractivity contribution in [1.82, 2.24) is 24.8 Å². The quantitative estimate of drug-likeness (QED) is 0.231. The van der Waals surface area contributed by atoms with E-state index in [1.165, 1.54) is 7.11 Å². The largest absolute Gasteiger partial charge is 0.475 e. The number of carbonyl (C=O) groups is 1. The average molecular weight is 755 g/mol. The molecule has 5 fully saturated rings. The highest BCUT2D eigenvalue weighted by Crippen LogP contribution is 2.51. The number of anilines is 1. The Morgan fingerprint density at radius 3 is 2.70 bits per heavy atom. The minimum absolute atomic E-state index is 0.00164. The number of ether oxygens (including phenoxy) is 5. The van der Waals surface area contributed by atoms with Gasteiger partial charge in [0.1, 0.15) is 53.2 Å². The molecule has 0 spiro atoms. The second-order valence-electron chi connectivity index (χ2n) is 16.4. The number of hydrogen-bond acceptors (Lipinski definition) is 11. The number of methoxy groups -OCH3 is 1. The Balaban J connectivity index is 1.17. The molecule has 9 rings (SSSR count). The Labute approximate surface area is 312 Å². The van der Waals surface area contributed by atoms with Gasteiger partial charge >= 0.3 is 12.1 Å². The smallest absolute Gasteiger partial charge is 0.410 e. The van der Waals surface area contributed by atoms with E-state index >= 15 is 4.39 Å². The Bertz CT molecular complexity index is 1960. The van der Waals surface area contributed by atoms with Gasteiger partial charge in [0.2, 0.25) is 5.88 Å². The van der Waals surface area contributed by atoms with Gasteiger partial charge in [-0.05, 0) is 89.5 Å². The molecule has 15 heteroatoms. The van der Waals surface area contributed by atoms with E-state index in [-0.39, 0.29) is 73.2 Å². The summed E-state index contributed by atoms with van der Waals surface area (Å²) in [6.45, 7) is 7.52. The highest BCUT2D eigenvalue weighted by atomic mass is 35.5. The van der Waals surface area contributed by atoms with Crippen molar-refractivity contribution < 1.29 is 37.3 Å². The topological polar surface area (TPSA) is 112 Å². The molecule has 0 N–H and O–H groups in total. The summed E-state index contributed by atoms with van der Waals surface area (Å²) in [5, 5.41) is 0.789. The molecular weight excluding hydrogens is 710 g/mol. The third kappa shape index (κ3) is 6.08. The lowest BCUT2D eigenvalue weighted by atomic mass is 9.95. The van der Waals surface area contributed by atoms with Crippen molar-refractivity contribution in [2.45, 2.75) is 107 Å². The second-order valence-corrected chi connectivity index (χ2v) is 16.8. The number of halogens is 3. The van der Waals surface area contributed by atoms with Crippen molar-refractivity contribution in [1.29, 1.82) is 0 Å². The zero-order valence-corrected chi connectivity index (χ0v) is 31.3. The van der Waals surface area contributed by atoms with Crippen molar-refractivity contribution >= 4 is 34.4 Å². The van der Waals surface area contributed by atoms with E-state index < -0.39 is 23.1 Å². The highest BCUT2D eigenvalue weighted by Gasteiger charge is 2.53. The number of nitrogens with zero attached hydrogens (tertiary/aromatic N) is 6.